The Bertz CT molecular complexity index is 1010. The first kappa shape index (κ1) is 20.3. The van der Waals surface area contributed by atoms with Crippen LogP contribution in [-0.2, 0) is 0 Å². The van der Waals surface area contributed by atoms with Gasteiger partial charge < -0.3 is 14.8 Å². The lowest BCUT2D eigenvalue weighted by molar-refractivity contribution is 0.102. The van der Waals surface area contributed by atoms with Crippen LogP contribution in [0.25, 0.3) is 10.9 Å². The van der Waals surface area contributed by atoms with Crippen LogP contribution in [-0.4, -0.2) is 29.3 Å². The number of carbonyl (C=O) groups excluding carboxylic acids is 1. The lowest BCUT2D eigenvalue weighted by atomic mass is 10.2. The Hall–Kier alpha value is -3.46. The molecule has 1 amide bonds. The van der Waals surface area contributed by atoms with E-state index in [1.807, 2.05) is 25.1 Å². The molecule has 0 saturated heterocycles. The van der Waals surface area contributed by atoms with Gasteiger partial charge in [-0.2, -0.15) is 5.10 Å². The maximum absolute atomic E-state index is 12.6. The molecule has 0 radical (unpaired) electrons. The molecule has 2 N–H and O–H groups in total. The van der Waals surface area contributed by atoms with Crippen molar-refractivity contribution in [2.24, 2.45) is 0 Å². The molecule has 0 fully saturated rings. The summed E-state index contributed by atoms with van der Waals surface area (Å²) in [6.45, 7) is 5.11. The molecule has 1 heterocycles. The van der Waals surface area contributed by atoms with E-state index in [1.165, 1.54) is 0 Å². The van der Waals surface area contributed by atoms with Gasteiger partial charge in [-0.25, -0.2) is 0 Å². The zero-order chi connectivity index (χ0) is 20.5. The van der Waals surface area contributed by atoms with E-state index in [1.54, 1.807) is 24.3 Å². The van der Waals surface area contributed by atoms with Crippen LogP contribution in [0.2, 0.25) is 0 Å². The number of unbranched alkanes of at least 4 members (excludes halogenated alkanes) is 1. The Balaban J connectivity index is 1.68. The summed E-state index contributed by atoms with van der Waals surface area (Å²) in [4.78, 5) is 12.6. The number of H-pyrrole nitrogens is 1. The van der Waals surface area contributed by atoms with Crippen LogP contribution >= 0.6 is 0 Å². The van der Waals surface area contributed by atoms with E-state index >= 15 is 0 Å². The number of nitrogens with one attached hydrogen (secondary N) is 2. The van der Waals surface area contributed by atoms with Crippen molar-refractivity contribution in [3.63, 3.8) is 0 Å². The Morgan fingerprint density at radius 3 is 2.62 bits per heavy atom. The van der Waals surface area contributed by atoms with Crippen molar-refractivity contribution in [2.45, 2.75) is 33.1 Å². The van der Waals surface area contributed by atoms with Crippen LogP contribution in [0.3, 0.4) is 0 Å². The lowest BCUT2D eigenvalue weighted by Gasteiger charge is -2.07. The van der Waals surface area contributed by atoms with Crippen LogP contribution in [0.4, 0.5) is 5.82 Å². The number of fused-ring (bicyclic) bond motifs is 1. The fraction of sp³-hybridized carbons (Fsp3) is 0.304. The molecule has 0 saturated carbocycles. The summed E-state index contributed by atoms with van der Waals surface area (Å²) >= 11 is 0. The van der Waals surface area contributed by atoms with Gasteiger partial charge in [0.1, 0.15) is 18.1 Å². The van der Waals surface area contributed by atoms with Crippen molar-refractivity contribution in [3.8, 4) is 23.3 Å². The summed E-state index contributed by atoms with van der Waals surface area (Å²) in [6.07, 6.45) is 2.88. The highest BCUT2D eigenvalue weighted by atomic mass is 16.5. The van der Waals surface area contributed by atoms with E-state index in [-0.39, 0.29) is 5.91 Å². The molecule has 0 bridgehead atoms. The molecule has 0 aliphatic rings. The summed E-state index contributed by atoms with van der Waals surface area (Å²) < 4.78 is 11.3. The SMILES string of the molecule is CCC#CCOc1ccc2[nH]nc(NC(=O)c3ccc(OCCCC)cc3)c2c1. The molecule has 0 unspecified atom stereocenters. The van der Waals surface area contributed by atoms with Gasteiger partial charge in [0.15, 0.2) is 5.82 Å². The second-order valence-corrected chi connectivity index (χ2v) is 6.46. The fourth-order valence-electron chi connectivity index (χ4n) is 2.69. The van der Waals surface area contributed by atoms with Crippen LogP contribution < -0.4 is 14.8 Å². The Morgan fingerprint density at radius 1 is 1.07 bits per heavy atom. The third-order valence-electron chi connectivity index (χ3n) is 4.26. The van der Waals surface area contributed by atoms with Gasteiger partial charge in [0.2, 0.25) is 0 Å². The van der Waals surface area contributed by atoms with Gasteiger partial charge in [0, 0.05) is 17.4 Å². The monoisotopic (exact) mass is 391 g/mol. The van der Waals surface area contributed by atoms with Crippen LogP contribution in [0.1, 0.15) is 43.5 Å². The van der Waals surface area contributed by atoms with E-state index in [4.69, 9.17) is 9.47 Å². The molecule has 0 spiro atoms. The third kappa shape index (κ3) is 5.52. The number of hydrogen-bond donors (Lipinski definition) is 2. The van der Waals surface area contributed by atoms with E-state index in [9.17, 15) is 4.79 Å². The largest absolute Gasteiger partial charge is 0.494 e. The van der Waals surface area contributed by atoms with E-state index in [0.717, 1.165) is 35.9 Å². The van der Waals surface area contributed by atoms with Crippen molar-refractivity contribution in [2.75, 3.05) is 18.5 Å². The summed E-state index contributed by atoms with van der Waals surface area (Å²) in [7, 11) is 0. The predicted molar refractivity (Wildman–Crippen MR) is 114 cm³/mol. The summed E-state index contributed by atoms with van der Waals surface area (Å²) in [6, 6.07) is 12.6. The van der Waals surface area contributed by atoms with Crippen molar-refractivity contribution >= 4 is 22.6 Å². The molecule has 1 aromatic heterocycles. The van der Waals surface area contributed by atoms with Crippen LogP contribution in [0.5, 0.6) is 11.5 Å². The highest BCUT2D eigenvalue weighted by Gasteiger charge is 2.12. The minimum absolute atomic E-state index is 0.237. The third-order valence-corrected chi connectivity index (χ3v) is 4.26. The van der Waals surface area contributed by atoms with E-state index < -0.39 is 0 Å². The molecule has 6 nitrogen and oxygen atoms in total. The summed E-state index contributed by atoms with van der Waals surface area (Å²) in [5, 5.41) is 10.8. The second kappa shape index (κ2) is 10.2. The number of benzene rings is 2. The van der Waals surface area contributed by atoms with Gasteiger partial charge in [-0.1, -0.05) is 26.2 Å². The summed E-state index contributed by atoms with van der Waals surface area (Å²) in [5.41, 5.74) is 1.35. The number of aromatic amines is 1. The van der Waals surface area contributed by atoms with Crippen LogP contribution in [0, 0.1) is 11.8 Å². The minimum atomic E-state index is -0.237. The fourth-order valence-corrected chi connectivity index (χ4v) is 2.69. The smallest absolute Gasteiger partial charge is 0.256 e. The number of hydrogen-bond acceptors (Lipinski definition) is 4. The van der Waals surface area contributed by atoms with Gasteiger partial charge in [-0.15, -0.1) is 5.92 Å². The molecule has 0 atom stereocenters. The number of aromatic nitrogens is 2. The highest BCUT2D eigenvalue weighted by molar-refractivity contribution is 6.08. The molecular weight excluding hydrogens is 366 g/mol. The van der Waals surface area contributed by atoms with Crippen LogP contribution in [0.15, 0.2) is 42.5 Å². The molecule has 3 aromatic rings. The van der Waals surface area contributed by atoms with Crippen molar-refractivity contribution < 1.29 is 14.3 Å². The number of nitrogens with zero attached hydrogens (tertiary/aromatic N) is 1. The second-order valence-electron chi connectivity index (χ2n) is 6.46. The normalized spacial score (nSPS) is 10.3. The molecule has 6 heteroatoms. The number of amides is 1. The average Bonchev–Trinajstić information content (AvgIpc) is 3.14. The molecular formula is C23H25N3O3. The Morgan fingerprint density at radius 2 is 1.86 bits per heavy atom. The lowest BCUT2D eigenvalue weighted by Crippen LogP contribution is -2.12. The molecule has 2 aromatic carbocycles. The number of rotatable bonds is 8. The Labute approximate surface area is 170 Å². The topological polar surface area (TPSA) is 76.2 Å². The van der Waals surface area contributed by atoms with Gasteiger partial charge in [0.25, 0.3) is 5.91 Å². The Kier molecular flexibility index (Phi) is 7.12. The van der Waals surface area contributed by atoms with E-state index in [2.05, 4.69) is 34.3 Å². The van der Waals surface area contributed by atoms with Gasteiger partial charge in [-0.3, -0.25) is 9.89 Å². The first-order valence-electron chi connectivity index (χ1n) is 9.82. The minimum Gasteiger partial charge on any atom is -0.494 e. The number of carbonyl (C=O) groups is 1. The first-order chi connectivity index (χ1) is 14.2. The van der Waals surface area contributed by atoms with Gasteiger partial charge >= 0.3 is 0 Å². The first-order valence-corrected chi connectivity index (χ1v) is 9.82. The number of ether oxygens (including phenoxy) is 2. The zero-order valence-electron chi connectivity index (χ0n) is 16.7. The molecule has 0 aliphatic carbocycles. The van der Waals surface area contributed by atoms with Crippen molar-refractivity contribution in [1.29, 1.82) is 0 Å². The molecule has 3 rings (SSSR count). The number of anilines is 1. The maximum Gasteiger partial charge on any atom is 0.256 e. The van der Waals surface area contributed by atoms with E-state index in [0.29, 0.717) is 30.3 Å². The molecule has 0 aliphatic heterocycles. The highest BCUT2D eigenvalue weighted by Crippen LogP contribution is 2.26. The predicted octanol–water partition coefficient (Wildman–Crippen LogP) is 4.79. The van der Waals surface area contributed by atoms with Crippen molar-refractivity contribution in [3.05, 3.63) is 48.0 Å². The molecule has 150 valence electrons. The van der Waals surface area contributed by atoms with Gasteiger partial charge in [0.05, 0.1) is 12.1 Å². The standard InChI is InChI=1S/C23H25N3O3/c1-3-5-7-15-29-19-12-13-21-20(16-19)22(26-25-21)24-23(27)17-8-10-18(11-9-17)28-14-6-4-2/h8-13,16H,3-4,6,14-15H2,1-2H3,(H2,24,25,26,27). The van der Waals surface area contributed by atoms with Crippen molar-refractivity contribution in [1.82, 2.24) is 10.2 Å². The quantitative estimate of drug-likeness (QED) is 0.428. The summed E-state index contributed by atoms with van der Waals surface area (Å²) in [5.74, 6) is 7.55. The molecule has 29 heavy (non-hydrogen) atoms. The average molecular weight is 391 g/mol. The maximum atomic E-state index is 12.6. The van der Waals surface area contributed by atoms with Gasteiger partial charge in [-0.05, 0) is 48.9 Å². The zero-order valence-corrected chi connectivity index (χ0v) is 16.7.